The van der Waals surface area contributed by atoms with E-state index in [1.165, 1.54) is 0 Å². The maximum absolute atomic E-state index is 13.9. The molecule has 0 atom stereocenters. The molecular formula is C17H14ClF3N2O2. The summed E-state index contributed by atoms with van der Waals surface area (Å²) >= 11 is 5.97. The van der Waals surface area contributed by atoms with Gasteiger partial charge in [-0.05, 0) is 23.8 Å². The van der Waals surface area contributed by atoms with E-state index in [0.717, 1.165) is 17.9 Å². The second kappa shape index (κ2) is 8.02. The van der Waals surface area contributed by atoms with E-state index in [2.05, 4.69) is 5.32 Å². The fourth-order valence-corrected chi connectivity index (χ4v) is 2.33. The van der Waals surface area contributed by atoms with Crippen molar-refractivity contribution in [3.8, 4) is 0 Å². The first kappa shape index (κ1) is 18.8. The lowest BCUT2D eigenvalue weighted by molar-refractivity contribution is -0.123. The standard InChI is InChI=1S/C17H14ClF3N2O2/c1-10(24)23(14-7-6-13(19)16(20)17(14)21)9-15(25)22-8-11-4-2-3-5-12(11)18/h2-7H,8-9H2,1H3,(H,22,25). The maximum Gasteiger partial charge on any atom is 0.240 e. The molecule has 0 saturated heterocycles. The van der Waals surface area contributed by atoms with Crippen LogP contribution in [-0.4, -0.2) is 18.4 Å². The van der Waals surface area contributed by atoms with Gasteiger partial charge in [-0.2, -0.15) is 0 Å². The minimum absolute atomic E-state index is 0.102. The maximum atomic E-state index is 13.9. The van der Waals surface area contributed by atoms with Gasteiger partial charge in [-0.1, -0.05) is 29.8 Å². The number of rotatable bonds is 5. The Hall–Kier alpha value is -2.54. The number of carbonyl (C=O) groups excluding carboxylic acids is 2. The van der Waals surface area contributed by atoms with Crippen molar-refractivity contribution in [3.63, 3.8) is 0 Å². The zero-order chi connectivity index (χ0) is 18.6. The molecule has 2 amide bonds. The molecule has 0 fully saturated rings. The number of benzene rings is 2. The van der Waals surface area contributed by atoms with Crippen LogP contribution in [0.25, 0.3) is 0 Å². The van der Waals surface area contributed by atoms with Crippen LogP contribution >= 0.6 is 11.6 Å². The number of halogens is 4. The van der Waals surface area contributed by atoms with Crippen molar-refractivity contribution in [2.24, 2.45) is 0 Å². The molecule has 1 N–H and O–H groups in total. The van der Waals surface area contributed by atoms with Crippen molar-refractivity contribution in [3.05, 3.63) is 64.4 Å². The van der Waals surface area contributed by atoms with Gasteiger partial charge in [0.25, 0.3) is 0 Å². The molecule has 8 heteroatoms. The van der Waals surface area contributed by atoms with Crippen molar-refractivity contribution in [1.82, 2.24) is 5.32 Å². The van der Waals surface area contributed by atoms with Crippen molar-refractivity contribution < 1.29 is 22.8 Å². The number of anilines is 1. The molecule has 0 aromatic heterocycles. The molecular weight excluding hydrogens is 357 g/mol. The monoisotopic (exact) mass is 370 g/mol. The summed E-state index contributed by atoms with van der Waals surface area (Å²) in [6.07, 6.45) is 0. The molecule has 0 aliphatic heterocycles. The summed E-state index contributed by atoms with van der Waals surface area (Å²) < 4.78 is 40.3. The highest BCUT2D eigenvalue weighted by Gasteiger charge is 2.23. The van der Waals surface area contributed by atoms with E-state index >= 15 is 0 Å². The van der Waals surface area contributed by atoms with E-state index in [-0.39, 0.29) is 6.54 Å². The molecule has 0 aliphatic carbocycles. The highest BCUT2D eigenvalue weighted by molar-refractivity contribution is 6.31. The Morgan fingerprint density at radius 1 is 1.08 bits per heavy atom. The normalized spacial score (nSPS) is 10.4. The molecule has 0 aliphatic rings. The SMILES string of the molecule is CC(=O)N(CC(=O)NCc1ccccc1Cl)c1ccc(F)c(F)c1F. The van der Waals surface area contributed by atoms with E-state index in [4.69, 9.17) is 11.6 Å². The van der Waals surface area contributed by atoms with E-state index in [1.807, 2.05) is 0 Å². The zero-order valence-electron chi connectivity index (χ0n) is 13.2. The summed E-state index contributed by atoms with van der Waals surface area (Å²) in [6, 6.07) is 8.42. The number of nitrogens with zero attached hydrogens (tertiary/aromatic N) is 1. The van der Waals surface area contributed by atoms with Gasteiger partial charge in [0.2, 0.25) is 11.8 Å². The number of nitrogens with one attached hydrogen (secondary N) is 1. The van der Waals surface area contributed by atoms with Crippen LogP contribution < -0.4 is 10.2 Å². The highest BCUT2D eigenvalue weighted by atomic mass is 35.5. The first-order chi connectivity index (χ1) is 11.8. The molecule has 0 spiro atoms. The molecule has 4 nitrogen and oxygen atoms in total. The van der Waals surface area contributed by atoms with Crippen LogP contribution in [0, 0.1) is 17.5 Å². The summed E-state index contributed by atoms with van der Waals surface area (Å²) in [5.41, 5.74) is 0.144. The first-order valence-corrected chi connectivity index (χ1v) is 7.60. The van der Waals surface area contributed by atoms with Crippen LogP contribution in [0.15, 0.2) is 36.4 Å². The number of hydrogen-bond acceptors (Lipinski definition) is 2. The van der Waals surface area contributed by atoms with E-state index in [0.29, 0.717) is 16.7 Å². The van der Waals surface area contributed by atoms with Crippen molar-refractivity contribution in [1.29, 1.82) is 0 Å². The summed E-state index contributed by atoms with van der Waals surface area (Å²) in [4.78, 5) is 24.5. The van der Waals surface area contributed by atoms with Gasteiger partial charge in [0.1, 0.15) is 6.54 Å². The molecule has 0 saturated carbocycles. The van der Waals surface area contributed by atoms with Crippen LogP contribution in [0.3, 0.4) is 0 Å². The van der Waals surface area contributed by atoms with Gasteiger partial charge in [0.05, 0.1) is 5.69 Å². The zero-order valence-corrected chi connectivity index (χ0v) is 13.9. The van der Waals surface area contributed by atoms with E-state index < -0.39 is 41.5 Å². The Balaban J connectivity index is 2.12. The van der Waals surface area contributed by atoms with E-state index in [9.17, 15) is 22.8 Å². The lowest BCUT2D eigenvalue weighted by atomic mass is 10.2. The molecule has 0 unspecified atom stereocenters. The van der Waals surface area contributed by atoms with Crippen molar-refractivity contribution >= 4 is 29.1 Å². The minimum atomic E-state index is -1.71. The second-order valence-corrected chi connectivity index (χ2v) is 5.57. The Kier molecular flexibility index (Phi) is 6.03. The Bertz CT molecular complexity index is 814. The fraction of sp³-hybridized carbons (Fsp3) is 0.176. The van der Waals surface area contributed by atoms with Crippen molar-refractivity contribution in [2.45, 2.75) is 13.5 Å². The van der Waals surface area contributed by atoms with Gasteiger partial charge in [-0.25, -0.2) is 13.2 Å². The third-order valence-electron chi connectivity index (χ3n) is 3.42. The molecule has 2 aromatic carbocycles. The molecule has 2 aromatic rings. The average Bonchev–Trinajstić information content (AvgIpc) is 2.57. The third kappa shape index (κ3) is 4.51. The van der Waals surface area contributed by atoms with Crippen LogP contribution in [0.2, 0.25) is 5.02 Å². The van der Waals surface area contributed by atoms with Gasteiger partial charge in [0.15, 0.2) is 17.5 Å². The van der Waals surface area contributed by atoms with Crippen LogP contribution in [0.1, 0.15) is 12.5 Å². The molecule has 0 bridgehead atoms. The second-order valence-electron chi connectivity index (χ2n) is 5.17. The van der Waals surface area contributed by atoms with E-state index in [1.54, 1.807) is 24.3 Å². The molecule has 0 heterocycles. The molecule has 0 radical (unpaired) electrons. The van der Waals surface area contributed by atoms with Gasteiger partial charge < -0.3 is 10.2 Å². The largest absolute Gasteiger partial charge is 0.350 e. The minimum Gasteiger partial charge on any atom is -0.350 e. The lowest BCUT2D eigenvalue weighted by Gasteiger charge is -2.21. The Labute approximate surface area is 147 Å². The summed E-state index contributed by atoms with van der Waals surface area (Å²) in [6.45, 7) is 0.633. The molecule has 2 rings (SSSR count). The predicted molar refractivity (Wildman–Crippen MR) is 87.6 cm³/mol. The number of amides is 2. The smallest absolute Gasteiger partial charge is 0.240 e. The van der Waals surface area contributed by atoms with Crippen LogP contribution in [-0.2, 0) is 16.1 Å². The van der Waals surface area contributed by atoms with Gasteiger partial charge in [-0.15, -0.1) is 0 Å². The van der Waals surface area contributed by atoms with Gasteiger partial charge in [-0.3, -0.25) is 9.59 Å². The Morgan fingerprint density at radius 2 is 1.76 bits per heavy atom. The Morgan fingerprint density at radius 3 is 2.40 bits per heavy atom. The van der Waals surface area contributed by atoms with Gasteiger partial charge in [0, 0.05) is 18.5 Å². The quantitative estimate of drug-likeness (QED) is 0.820. The summed E-state index contributed by atoms with van der Waals surface area (Å²) in [7, 11) is 0. The van der Waals surface area contributed by atoms with Crippen LogP contribution in [0.4, 0.5) is 18.9 Å². The summed E-state index contributed by atoms with van der Waals surface area (Å²) in [5, 5.41) is 2.99. The van der Waals surface area contributed by atoms with Gasteiger partial charge >= 0.3 is 0 Å². The highest BCUT2D eigenvalue weighted by Crippen LogP contribution is 2.23. The predicted octanol–water partition coefficient (Wildman–Crippen LogP) is 3.43. The number of carbonyl (C=O) groups is 2. The van der Waals surface area contributed by atoms with Crippen molar-refractivity contribution in [2.75, 3.05) is 11.4 Å². The lowest BCUT2D eigenvalue weighted by Crippen LogP contribution is -2.40. The number of hydrogen-bond donors (Lipinski definition) is 1. The first-order valence-electron chi connectivity index (χ1n) is 7.23. The molecule has 25 heavy (non-hydrogen) atoms. The fourth-order valence-electron chi connectivity index (χ4n) is 2.13. The third-order valence-corrected chi connectivity index (χ3v) is 3.79. The summed E-state index contributed by atoms with van der Waals surface area (Å²) in [5.74, 6) is -5.93. The van der Waals surface area contributed by atoms with Crippen LogP contribution in [0.5, 0.6) is 0 Å². The topological polar surface area (TPSA) is 49.4 Å². The average molecular weight is 371 g/mol. The molecule has 132 valence electrons.